The third-order valence-electron chi connectivity index (χ3n) is 5.20. The number of carbonyl (C=O) groups is 3. The standard InChI is InChI=1S/C22H33N3O4/c1-17-5-6-18(2)19(15-17)20(26)7-8-22(28)25-12-10-24(11-13-25)16-21(27)23-9-4-14-29-3/h5-6,15H,4,7-14,16H2,1-3H3,(H,23,27). The second kappa shape index (κ2) is 11.7. The van der Waals surface area contributed by atoms with Gasteiger partial charge in [-0.25, -0.2) is 0 Å². The van der Waals surface area contributed by atoms with E-state index in [0.717, 1.165) is 17.5 Å². The normalized spacial score (nSPS) is 14.7. The quantitative estimate of drug-likeness (QED) is 0.474. The van der Waals surface area contributed by atoms with E-state index in [9.17, 15) is 14.4 Å². The fourth-order valence-corrected chi connectivity index (χ4v) is 3.41. The molecule has 1 aliphatic heterocycles. The van der Waals surface area contributed by atoms with Crippen LogP contribution in [-0.2, 0) is 14.3 Å². The van der Waals surface area contributed by atoms with E-state index in [1.807, 2.05) is 32.0 Å². The Morgan fingerprint density at radius 3 is 2.48 bits per heavy atom. The molecule has 160 valence electrons. The number of piperazine rings is 1. The summed E-state index contributed by atoms with van der Waals surface area (Å²) >= 11 is 0. The number of hydrogen-bond acceptors (Lipinski definition) is 5. The van der Waals surface area contributed by atoms with Crippen LogP contribution in [0.4, 0.5) is 0 Å². The van der Waals surface area contributed by atoms with E-state index in [2.05, 4.69) is 10.2 Å². The van der Waals surface area contributed by atoms with Crippen molar-refractivity contribution in [2.45, 2.75) is 33.1 Å². The minimum atomic E-state index is 0.000000605. The molecular weight excluding hydrogens is 370 g/mol. The molecule has 2 rings (SSSR count). The molecule has 0 saturated carbocycles. The van der Waals surface area contributed by atoms with E-state index in [1.54, 1.807) is 12.0 Å². The van der Waals surface area contributed by atoms with E-state index in [-0.39, 0.29) is 30.4 Å². The predicted octanol–water partition coefficient (Wildman–Crippen LogP) is 1.56. The van der Waals surface area contributed by atoms with Crippen LogP contribution in [0.2, 0.25) is 0 Å². The van der Waals surface area contributed by atoms with E-state index < -0.39 is 0 Å². The molecule has 0 unspecified atom stereocenters. The molecule has 2 amide bonds. The number of benzene rings is 1. The molecule has 0 atom stereocenters. The molecule has 0 aromatic heterocycles. The number of methoxy groups -OCH3 is 1. The summed E-state index contributed by atoms with van der Waals surface area (Å²) in [6.07, 6.45) is 1.25. The summed E-state index contributed by atoms with van der Waals surface area (Å²) in [7, 11) is 1.64. The van der Waals surface area contributed by atoms with Crippen molar-refractivity contribution in [3.05, 3.63) is 34.9 Å². The van der Waals surface area contributed by atoms with Crippen LogP contribution in [0.3, 0.4) is 0 Å². The van der Waals surface area contributed by atoms with Crippen molar-refractivity contribution in [2.75, 3.05) is 53.0 Å². The summed E-state index contributed by atoms with van der Waals surface area (Å²) in [5.41, 5.74) is 2.70. The number of carbonyl (C=O) groups excluding carboxylic acids is 3. The summed E-state index contributed by atoms with van der Waals surface area (Å²) in [6.45, 7) is 7.99. The van der Waals surface area contributed by atoms with Crippen molar-refractivity contribution in [2.24, 2.45) is 0 Å². The first kappa shape index (κ1) is 23.0. The highest BCUT2D eigenvalue weighted by atomic mass is 16.5. The lowest BCUT2D eigenvalue weighted by Crippen LogP contribution is -2.51. The monoisotopic (exact) mass is 403 g/mol. The van der Waals surface area contributed by atoms with Crippen LogP contribution in [0, 0.1) is 13.8 Å². The van der Waals surface area contributed by atoms with Gasteiger partial charge in [-0.3, -0.25) is 19.3 Å². The van der Waals surface area contributed by atoms with E-state index in [0.29, 0.717) is 51.4 Å². The van der Waals surface area contributed by atoms with Crippen LogP contribution in [-0.4, -0.2) is 80.4 Å². The number of hydrogen-bond donors (Lipinski definition) is 1. The van der Waals surface area contributed by atoms with Crippen LogP contribution in [0.15, 0.2) is 18.2 Å². The summed E-state index contributed by atoms with van der Waals surface area (Å²) in [4.78, 5) is 40.7. The molecule has 1 heterocycles. The lowest BCUT2D eigenvalue weighted by molar-refractivity contribution is -0.133. The van der Waals surface area contributed by atoms with Crippen molar-refractivity contribution in [1.29, 1.82) is 0 Å². The Kier molecular flexibility index (Phi) is 9.28. The van der Waals surface area contributed by atoms with Gasteiger partial charge in [0.25, 0.3) is 0 Å². The molecule has 1 aromatic rings. The van der Waals surface area contributed by atoms with Gasteiger partial charge in [0.15, 0.2) is 5.78 Å². The Hall–Kier alpha value is -2.25. The summed E-state index contributed by atoms with van der Waals surface area (Å²) in [6, 6.07) is 5.81. The van der Waals surface area contributed by atoms with E-state index >= 15 is 0 Å². The van der Waals surface area contributed by atoms with Crippen LogP contribution in [0.25, 0.3) is 0 Å². The van der Waals surface area contributed by atoms with Gasteiger partial charge in [-0.2, -0.15) is 0 Å². The van der Waals surface area contributed by atoms with Crippen molar-refractivity contribution in [3.8, 4) is 0 Å². The third-order valence-corrected chi connectivity index (χ3v) is 5.20. The second-order valence-corrected chi connectivity index (χ2v) is 7.59. The van der Waals surface area contributed by atoms with Crippen molar-refractivity contribution in [3.63, 3.8) is 0 Å². The van der Waals surface area contributed by atoms with Gasteiger partial charge >= 0.3 is 0 Å². The molecule has 29 heavy (non-hydrogen) atoms. The maximum atomic E-state index is 12.5. The Morgan fingerprint density at radius 1 is 1.07 bits per heavy atom. The summed E-state index contributed by atoms with van der Waals surface area (Å²) in [5.74, 6) is 0.0238. The molecule has 1 fully saturated rings. The number of Topliss-reactive ketones (excluding diaryl/α,β-unsaturated/α-hetero) is 1. The zero-order valence-corrected chi connectivity index (χ0v) is 17.8. The maximum Gasteiger partial charge on any atom is 0.234 e. The molecule has 0 spiro atoms. The van der Waals surface area contributed by atoms with Crippen molar-refractivity contribution >= 4 is 17.6 Å². The molecule has 7 nitrogen and oxygen atoms in total. The van der Waals surface area contributed by atoms with Crippen molar-refractivity contribution in [1.82, 2.24) is 15.1 Å². The molecule has 0 radical (unpaired) electrons. The highest BCUT2D eigenvalue weighted by molar-refractivity contribution is 5.99. The summed E-state index contributed by atoms with van der Waals surface area (Å²) < 4.78 is 4.96. The molecule has 0 bridgehead atoms. The van der Waals surface area contributed by atoms with Crippen LogP contribution >= 0.6 is 0 Å². The Bertz CT molecular complexity index is 712. The second-order valence-electron chi connectivity index (χ2n) is 7.59. The fourth-order valence-electron chi connectivity index (χ4n) is 3.41. The molecular formula is C22H33N3O4. The van der Waals surface area contributed by atoms with Gasteiger partial charge in [0.1, 0.15) is 0 Å². The molecule has 1 aliphatic rings. The number of ketones is 1. The molecule has 1 N–H and O–H groups in total. The number of rotatable bonds is 10. The molecule has 0 aliphatic carbocycles. The van der Waals surface area contributed by atoms with Crippen LogP contribution < -0.4 is 5.32 Å². The number of aryl methyl sites for hydroxylation is 2. The lowest BCUT2D eigenvalue weighted by atomic mass is 9.99. The predicted molar refractivity (Wildman–Crippen MR) is 112 cm³/mol. The Morgan fingerprint density at radius 2 is 1.79 bits per heavy atom. The molecule has 1 saturated heterocycles. The number of amides is 2. The smallest absolute Gasteiger partial charge is 0.234 e. The number of ether oxygens (including phenoxy) is 1. The third kappa shape index (κ3) is 7.59. The molecule has 7 heteroatoms. The van der Waals surface area contributed by atoms with Gasteiger partial charge < -0.3 is 15.0 Å². The van der Waals surface area contributed by atoms with E-state index in [4.69, 9.17) is 4.74 Å². The van der Waals surface area contributed by atoms with Crippen LogP contribution in [0.5, 0.6) is 0 Å². The van der Waals surface area contributed by atoms with Gasteiger partial charge in [0.05, 0.1) is 6.54 Å². The Labute approximate surface area is 173 Å². The van der Waals surface area contributed by atoms with Gasteiger partial charge in [-0.15, -0.1) is 0 Å². The maximum absolute atomic E-state index is 12.5. The van der Waals surface area contributed by atoms with Gasteiger partial charge in [-0.1, -0.05) is 17.7 Å². The minimum Gasteiger partial charge on any atom is -0.385 e. The molecule has 1 aromatic carbocycles. The van der Waals surface area contributed by atoms with Crippen LogP contribution in [0.1, 0.15) is 40.7 Å². The zero-order valence-electron chi connectivity index (χ0n) is 17.8. The summed E-state index contributed by atoms with van der Waals surface area (Å²) in [5, 5.41) is 2.88. The van der Waals surface area contributed by atoms with Crippen molar-refractivity contribution < 1.29 is 19.1 Å². The minimum absolute atomic E-state index is 0.000000605. The topological polar surface area (TPSA) is 79.0 Å². The fraction of sp³-hybridized carbons (Fsp3) is 0.591. The number of nitrogens with zero attached hydrogens (tertiary/aromatic N) is 2. The van der Waals surface area contributed by atoms with Gasteiger partial charge in [0.2, 0.25) is 11.8 Å². The lowest BCUT2D eigenvalue weighted by Gasteiger charge is -2.34. The van der Waals surface area contributed by atoms with Gasteiger partial charge in [0, 0.05) is 64.8 Å². The Balaban J connectivity index is 1.69. The first-order valence-electron chi connectivity index (χ1n) is 10.3. The highest BCUT2D eigenvalue weighted by Crippen LogP contribution is 2.15. The van der Waals surface area contributed by atoms with Gasteiger partial charge in [-0.05, 0) is 31.9 Å². The average Bonchev–Trinajstić information content (AvgIpc) is 2.71. The average molecular weight is 404 g/mol. The first-order chi connectivity index (χ1) is 13.9. The highest BCUT2D eigenvalue weighted by Gasteiger charge is 2.23. The number of nitrogens with one attached hydrogen (secondary N) is 1. The first-order valence-corrected chi connectivity index (χ1v) is 10.3. The SMILES string of the molecule is COCCCNC(=O)CN1CCN(C(=O)CCC(=O)c2cc(C)ccc2C)CC1. The largest absolute Gasteiger partial charge is 0.385 e. The van der Waals surface area contributed by atoms with E-state index in [1.165, 1.54) is 0 Å². The zero-order chi connectivity index (χ0) is 21.2.